The maximum atomic E-state index is 13.5. The molecule has 0 radical (unpaired) electrons. The van der Waals surface area contributed by atoms with Gasteiger partial charge in [-0.2, -0.15) is 0 Å². The molecule has 2 aromatic rings. The molecule has 2 unspecified atom stereocenters. The molecule has 2 atom stereocenters. The maximum absolute atomic E-state index is 13.5. The lowest BCUT2D eigenvalue weighted by molar-refractivity contribution is -0.152. The van der Waals surface area contributed by atoms with E-state index < -0.39 is 11.6 Å². The van der Waals surface area contributed by atoms with Crippen molar-refractivity contribution in [3.8, 4) is 5.75 Å². The summed E-state index contributed by atoms with van der Waals surface area (Å²) in [4.78, 5) is 40.5. The Morgan fingerprint density at radius 2 is 1.68 bits per heavy atom. The van der Waals surface area contributed by atoms with Gasteiger partial charge in [-0.25, -0.2) is 9.59 Å². The molecule has 1 N–H and O–H groups in total. The molecule has 206 valence electrons. The highest BCUT2D eigenvalue weighted by Gasteiger charge is 2.40. The highest BCUT2D eigenvalue weighted by atomic mass is 32.2. The van der Waals surface area contributed by atoms with Crippen LogP contribution in [-0.2, 0) is 16.0 Å². The molecule has 7 nitrogen and oxygen atoms in total. The van der Waals surface area contributed by atoms with Gasteiger partial charge >= 0.3 is 12.1 Å². The number of nitrogens with zero attached hydrogens (tertiary/aromatic N) is 1. The van der Waals surface area contributed by atoms with Crippen LogP contribution in [0.5, 0.6) is 5.75 Å². The number of hydrogen-bond acceptors (Lipinski definition) is 6. The average molecular weight is 542 g/mol. The van der Waals surface area contributed by atoms with E-state index in [4.69, 9.17) is 9.47 Å². The molecule has 0 aliphatic carbocycles. The molecule has 0 saturated carbocycles. The number of likely N-dealkylation sites (tertiary alicyclic amines) is 1. The molecule has 1 fully saturated rings. The van der Waals surface area contributed by atoms with Gasteiger partial charge in [0.25, 0.3) is 0 Å². The molecule has 0 bridgehead atoms. The summed E-state index contributed by atoms with van der Waals surface area (Å²) in [5.41, 5.74) is 2.13. The van der Waals surface area contributed by atoms with Crippen molar-refractivity contribution in [1.82, 2.24) is 4.90 Å². The molecule has 8 heteroatoms. The summed E-state index contributed by atoms with van der Waals surface area (Å²) in [5, 5.41) is 9.44. The molecule has 3 rings (SSSR count). The number of aliphatic carboxylic acids is 1. The fourth-order valence-corrected chi connectivity index (χ4v) is 5.26. The Hall–Kier alpha value is -3.00. The number of carboxylic acid groups (broad SMARTS) is 1. The van der Waals surface area contributed by atoms with Gasteiger partial charge in [0, 0.05) is 29.5 Å². The number of carboxylic acids is 1. The summed E-state index contributed by atoms with van der Waals surface area (Å²) in [6.07, 6.45) is 2.83. The van der Waals surface area contributed by atoms with Crippen LogP contribution in [0.15, 0.2) is 41.3 Å². The molecular weight excluding hydrogens is 502 g/mol. The van der Waals surface area contributed by atoms with Crippen molar-refractivity contribution in [2.24, 2.45) is 11.8 Å². The smallest absolute Gasteiger partial charge is 0.410 e. The van der Waals surface area contributed by atoms with E-state index in [1.807, 2.05) is 70.3 Å². The minimum atomic E-state index is -1.34. The van der Waals surface area contributed by atoms with Crippen LogP contribution in [0.3, 0.4) is 0 Å². The molecular formula is C30H39NO6S. The van der Waals surface area contributed by atoms with Crippen LogP contribution >= 0.6 is 11.8 Å². The Bertz CT molecular complexity index is 1150. The third kappa shape index (κ3) is 7.10. The van der Waals surface area contributed by atoms with E-state index in [1.54, 1.807) is 16.7 Å². The maximum Gasteiger partial charge on any atom is 0.410 e. The lowest BCUT2D eigenvalue weighted by Gasteiger charge is -2.25. The van der Waals surface area contributed by atoms with Crippen LogP contribution in [0.25, 0.3) is 0 Å². The largest absolute Gasteiger partial charge is 0.478 e. The Kier molecular flexibility index (Phi) is 9.52. The number of rotatable bonds is 10. The number of hydrogen-bond donors (Lipinski definition) is 1. The van der Waals surface area contributed by atoms with E-state index in [1.165, 1.54) is 13.8 Å². The van der Waals surface area contributed by atoms with Gasteiger partial charge in [-0.05, 0) is 95.4 Å². The number of ketones is 1. The zero-order valence-electron chi connectivity index (χ0n) is 23.4. The number of thioether (sulfide) groups is 1. The van der Waals surface area contributed by atoms with Crippen LogP contribution in [0, 0.1) is 25.7 Å². The summed E-state index contributed by atoms with van der Waals surface area (Å²) in [6.45, 7) is 11.3. The highest BCUT2D eigenvalue weighted by Crippen LogP contribution is 2.33. The number of ether oxygens (including phenoxy) is 2. The predicted molar refractivity (Wildman–Crippen MR) is 149 cm³/mol. The highest BCUT2D eigenvalue weighted by molar-refractivity contribution is 7.98. The second-order valence-corrected chi connectivity index (χ2v) is 11.7. The Morgan fingerprint density at radius 1 is 1.08 bits per heavy atom. The second-order valence-electron chi connectivity index (χ2n) is 10.8. The van der Waals surface area contributed by atoms with Crippen LogP contribution < -0.4 is 4.74 Å². The third-order valence-electron chi connectivity index (χ3n) is 6.94. The van der Waals surface area contributed by atoms with Crippen LogP contribution in [0.1, 0.15) is 61.2 Å². The number of Topliss-reactive ketones (excluding diaryl/α,β-unsaturated/α-hetero) is 1. The van der Waals surface area contributed by atoms with Gasteiger partial charge in [0.2, 0.25) is 0 Å². The van der Waals surface area contributed by atoms with Gasteiger partial charge < -0.3 is 19.5 Å². The van der Waals surface area contributed by atoms with Crippen molar-refractivity contribution < 1.29 is 29.0 Å². The summed E-state index contributed by atoms with van der Waals surface area (Å²) >= 11 is 1.63. The first-order valence-corrected chi connectivity index (χ1v) is 14.2. The normalized spacial score (nSPS) is 17.5. The van der Waals surface area contributed by atoms with Gasteiger partial charge in [-0.3, -0.25) is 4.79 Å². The molecule has 2 aromatic carbocycles. The van der Waals surface area contributed by atoms with Crippen molar-refractivity contribution >= 4 is 29.6 Å². The first-order chi connectivity index (χ1) is 17.8. The van der Waals surface area contributed by atoms with Gasteiger partial charge in [-0.1, -0.05) is 24.3 Å². The van der Waals surface area contributed by atoms with E-state index in [0.717, 1.165) is 34.4 Å². The quantitative estimate of drug-likeness (QED) is 0.284. The zero-order chi connectivity index (χ0) is 28.2. The molecule has 1 amide bonds. The molecule has 1 aliphatic rings. The van der Waals surface area contributed by atoms with Gasteiger partial charge in [0.1, 0.15) is 5.75 Å². The molecule has 38 heavy (non-hydrogen) atoms. The van der Waals surface area contributed by atoms with Crippen LogP contribution in [0.4, 0.5) is 4.79 Å². The zero-order valence-corrected chi connectivity index (χ0v) is 24.2. The van der Waals surface area contributed by atoms with Gasteiger partial charge in [0.05, 0.1) is 6.10 Å². The van der Waals surface area contributed by atoms with E-state index in [0.29, 0.717) is 24.4 Å². The van der Waals surface area contributed by atoms with Gasteiger partial charge in [-0.15, -0.1) is 11.8 Å². The topological polar surface area (TPSA) is 93.1 Å². The first-order valence-electron chi connectivity index (χ1n) is 13.0. The van der Waals surface area contributed by atoms with Crippen molar-refractivity contribution in [2.75, 3.05) is 19.3 Å². The van der Waals surface area contributed by atoms with E-state index >= 15 is 0 Å². The number of carbonyl (C=O) groups excluding carboxylic acids is 2. The van der Waals surface area contributed by atoms with Gasteiger partial charge in [0.15, 0.2) is 11.4 Å². The van der Waals surface area contributed by atoms with E-state index in [2.05, 4.69) is 0 Å². The van der Waals surface area contributed by atoms with E-state index in [-0.39, 0.29) is 29.8 Å². The molecule has 0 aromatic heterocycles. The van der Waals surface area contributed by atoms with Crippen LogP contribution in [-0.4, -0.2) is 58.9 Å². The van der Waals surface area contributed by atoms with Crippen molar-refractivity contribution in [3.05, 3.63) is 58.7 Å². The number of carbonyl (C=O) groups is 3. The Morgan fingerprint density at radius 3 is 2.21 bits per heavy atom. The minimum absolute atomic E-state index is 0.00933. The fourth-order valence-electron chi connectivity index (χ4n) is 4.85. The monoisotopic (exact) mass is 541 g/mol. The van der Waals surface area contributed by atoms with Crippen LogP contribution in [0.2, 0.25) is 0 Å². The lowest BCUT2D eigenvalue weighted by atomic mass is 9.84. The van der Waals surface area contributed by atoms with Crippen molar-refractivity contribution in [1.29, 1.82) is 0 Å². The molecule has 1 heterocycles. The Balaban J connectivity index is 1.79. The molecule has 1 saturated heterocycles. The minimum Gasteiger partial charge on any atom is -0.478 e. The summed E-state index contributed by atoms with van der Waals surface area (Å²) in [5.74, 6) is -0.720. The summed E-state index contributed by atoms with van der Waals surface area (Å²) in [7, 11) is 0. The Labute approximate surface area is 229 Å². The number of amides is 1. The number of aryl methyl sites for hydroxylation is 3. The SMILES string of the molecule is CSc1ccc(C(=O)C2CN(C(=O)OC(C)C)CC2CCc2cc(C)c(OC(C)(C)C(=O)O)c(C)c2)cc1. The fraction of sp³-hybridized carbons (Fsp3) is 0.500. The molecule has 1 aliphatic heterocycles. The lowest BCUT2D eigenvalue weighted by Crippen LogP contribution is -2.38. The first kappa shape index (κ1) is 29.6. The predicted octanol–water partition coefficient (Wildman–Crippen LogP) is 6.18. The third-order valence-corrected chi connectivity index (χ3v) is 7.69. The standard InChI is InChI=1S/C30H39NO6S/c1-18(2)36-29(35)31-16-23(25(17-31)26(32)22-10-12-24(38-7)13-11-22)9-8-21-14-19(3)27(20(4)15-21)37-30(5,6)28(33)34/h10-15,18,23,25H,8-9,16-17H2,1-7H3,(H,33,34). The summed E-state index contributed by atoms with van der Waals surface area (Å²) in [6, 6.07) is 11.7. The summed E-state index contributed by atoms with van der Waals surface area (Å²) < 4.78 is 11.3. The average Bonchev–Trinajstić information content (AvgIpc) is 3.28. The van der Waals surface area contributed by atoms with Crippen molar-refractivity contribution in [2.45, 2.75) is 71.0 Å². The van der Waals surface area contributed by atoms with Crippen molar-refractivity contribution in [3.63, 3.8) is 0 Å². The second kappa shape index (κ2) is 12.2. The molecule has 0 spiro atoms. The van der Waals surface area contributed by atoms with E-state index in [9.17, 15) is 19.5 Å². The number of benzene rings is 2.